The number of nitrogens with zero attached hydrogens (tertiary/aromatic N) is 3. The molecule has 6 heteroatoms. The molecule has 2 rings (SSSR count). The van der Waals surface area contributed by atoms with Gasteiger partial charge in [-0.25, -0.2) is 4.68 Å². The van der Waals surface area contributed by atoms with E-state index in [0.717, 1.165) is 11.3 Å². The highest BCUT2D eigenvalue weighted by atomic mass is 16.2. The standard InChI is InChI=1S/C18H24N4O2/c1-18(2,3)20-16(23)13-21(4)17(24)12-14-6-8-15(9-7-14)22-11-5-10-19-22/h5-11H,12-13H2,1-4H3,(H,20,23). The number of hydrogen-bond acceptors (Lipinski definition) is 3. The number of carbonyl (C=O) groups excluding carboxylic acids is 2. The molecule has 1 heterocycles. The molecule has 0 aliphatic rings. The van der Waals surface area contributed by atoms with E-state index >= 15 is 0 Å². The number of likely N-dealkylation sites (N-methyl/N-ethyl adjacent to an activating group) is 1. The van der Waals surface area contributed by atoms with Crippen molar-refractivity contribution < 1.29 is 9.59 Å². The van der Waals surface area contributed by atoms with Crippen LogP contribution in [-0.4, -0.2) is 45.6 Å². The first-order valence-electron chi connectivity index (χ1n) is 7.88. The summed E-state index contributed by atoms with van der Waals surface area (Å²) in [6.07, 6.45) is 3.84. The Morgan fingerprint density at radius 2 is 1.88 bits per heavy atom. The van der Waals surface area contributed by atoms with Gasteiger partial charge < -0.3 is 10.2 Å². The van der Waals surface area contributed by atoms with E-state index in [2.05, 4.69) is 10.4 Å². The second-order valence-corrected chi connectivity index (χ2v) is 6.84. The van der Waals surface area contributed by atoms with Crippen LogP contribution in [0.1, 0.15) is 26.3 Å². The lowest BCUT2D eigenvalue weighted by molar-refractivity contribution is -0.134. The number of hydrogen-bond donors (Lipinski definition) is 1. The molecular weight excluding hydrogens is 304 g/mol. The van der Waals surface area contributed by atoms with Gasteiger partial charge in [0.2, 0.25) is 11.8 Å². The molecule has 0 aliphatic carbocycles. The van der Waals surface area contributed by atoms with E-state index in [1.165, 1.54) is 4.90 Å². The molecule has 2 aromatic rings. The van der Waals surface area contributed by atoms with Gasteiger partial charge >= 0.3 is 0 Å². The van der Waals surface area contributed by atoms with Crippen LogP contribution >= 0.6 is 0 Å². The molecule has 1 aromatic carbocycles. The summed E-state index contributed by atoms with van der Waals surface area (Å²) in [4.78, 5) is 25.6. The SMILES string of the molecule is CN(CC(=O)NC(C)(C)C)C(=O)Cc1ccc(-n2cccn2)cc1. The van der Waals surface area contributed by atoms with Crippen molar-refractivity contribution in [2.24, 2.45) is 0 Å². The van der Waals surface area contributed by atoms with Crippen molar-refractivity contribution in [3.8, 4) is 5.69 Å². The van der Waals surface area contributed by atoms with Crippen LogP contribution in [0, 0.1) is 0 Å². The maximum Gasteiger partial charge on any atom is 0.240 e. The lowest BCUT2D eigenvalue weighted by atomic mass is 10.1. The maximum absolute atomic E-state index is 12.3. The second kappa shape index (κ2) is 7.29. The average Bonchev–Trinajstić information content (AvgIpc) is 3.00. The van der Waals surface area contributed by atoms with Crippen molar-refractivity contribution in [2.75, 3.05) is 13.6 Å². The Labute approximate surface area is 142 Å². The van der Waals surface area contributed by atoms with Crippen molar-refractivity contribution in [1.82, 2.24) is 20.0 Å². The van der Waals surface area contributed by atoms with Crippen molar-refractivity contribution in [3.05, 3.63) is 48.3 Å². The molecule has 0 atom stereocenters. The fourth-order valence-corrected chi connectivity index (χ4v) is 2.26. The van der Waals surface area contributed by atoms with Crippen LogP contribution in [0.25, 0.3) is 5.69 Å². The maximum atomic E-state index is 12.3. The van der Waals surface area contributed by atoms with Gasteiger partial charge in [-0.05, 0) is 44.5 Å². The van der Waals surface area contributed by atoms with Gasteiger partial charge in [-0.1, -0.05) is 12.1 Å². The predicted octanol–water partition coefficient (Wildman–Crippen LogP) is 1.79. The van der Waals surface area contributed by atoms with Gasteiger partial charge in [0.15, 0.2) is 0 Å². The fraction of sp³-hybridized carbons (Fsp3) is 0.389. The van der Waals surface area contributed by atoms with Crippen LogP contribution in [0.4, 0.5) is 0 Å². The lowest BCUT2D eigenvalue weighted by Crippen LogP contribution is -2.46. The zero-order valence-electron chi connectivity index (χ0n) is 14.6. The van der Waals surface area contributed by atoms with Gasteiger partial charge in [0.05, 0.1) is 18.7 Å². The van der Waals surface area contributed by atoms with Crippen molar-refractivity contribution in [2.45, 2.75) is 32.7 Å². The highest BCUT2D eigenvalue weighted by molar-refractivity contribution is 5.85. The summed E-state index contributed by atoms with van der Waals surface area (Å²) in [5.74, 6) is -0.252. The first-order chi connectivity index (χ1) is 11.2. The molecule has 6 nitrogen and oxygen atoms in total. The minimum atomic E-state index is -0.302. The molecule has 0 saturated carbocycles. The van der Waals surface area contributed by atoms with Crippen molar-refractivity contribution in [1.29, 1.82) is 0 Å². The first kappa shape index (κ1) is 17.7. The summed E-state index contributed by atoms with van der Waals surface area (Å²) < 4.78 is 1.76. The summed E-state index contributed by atoms with van der Waals surface area (Å²) >= 11 is 0. The molecule has 0 aliphatic heterocycles. The fourth-order valence-electron chi connectivity index (χ4n) is 2.26. The third-order valence-corrected chi connectivity index (χ3v) is 3.38. The normalized spacial score (nSPS) is 11.2. The predicted molar refractivity (Wildman–Crippen MR) is 92.8 cm³/mol. The lowest BCUT2D eigenvalue weighted by Gasteiger charge is -2.23. The van der Waals surface area contributed by atoms with Gasteiger partial charge in [-0.3, -0.25) is 9.59 Å². The summed E-state index contributed by atoms with van der Waals surface area (Å²) in [5.41, 5.74) is 1.54. The third kappa shape index (κ3) is 5.22. The summed E-state index contributed by atoms with van der Waals surface area (Å²) in [7, 11) is 1.64. The van der Waals surface area contributed by atoms with Crippen LogP contribution in [0.5, 0.6) is 0 Å². The van der Waals surface area contributed by atoms with Gasteiger partial charge in [-0.2, -0.15) is 5.10 Å². The van der Waals surface area contributed by atoms with Crippen LogP contribution in [0.2, 0.25) is 0 Å². The van der Waals surface area contributed by atoms with E-state index in [1.54, 1.807) is 17.9 Å². The second-order valence-electron chi connectivity index (χ2n) is 6.84. The molecule has 24 heavy (non-hydrogen) atoms. The van der Waals surface area contributed by atoms with E-state index in [-0.39, 0.29) is 30.3 Å². The Hall–Kier alpha value is -2.63. The molecular formula is C18H24N4O2. The zero-order valence-corrected chi connectivity index (χ0v) is 14.6. The third-order valence-electron chi connectivity index (χ3n) is 3.38. The van der Waals surface area contributed by atoms with Crippen LogP contribution in [-0.2, 0) is 16.0 Å². The summed E-state index contributed by atoms with van der Waals surface area (Å²) in [6.45, 7) is 5.79. The van der Waals surface area contributed by atoms with E-state index < -0.39 is 0 Å². The Kier molecular flexibility index (Phi) is 5.39. The van der Waals surface area contributed by atoms with E-state index in [1.807, 2.05) is 57.3 Å². The monoisotopic (exact) mass is 328 g/mol. The number of nitrogens with one attached hydrogen (secondary N) is 1. The quantitative estimate of drug-likeness (QED) is 0.910. The average molecular weight is 328 g/mol. The topological polar surface area (TPSA) is 67.2 Å². The molecule has 1 aromatic heterocycles. The van der Waals surface area contributed by atoms with E-state index in [9.17, 15) is 9.59 Å². The minimum Gasteiger partial charge on any atom is -0.350 e. The van der Waals surface area contributed by atoms with Gasteiger partial charge in [-0.15, -0.1) is 0 Å². The molecule has 0 fully saturated rings. The number of carbonyl (C=O) groups is 2. The molecule has 2 amide bonds. The number of aromatic nitrogens is 2. The number of amides is 2. The summed E-state index contributed by atoms with van der Waals surface area (Å²) in [6, 6.07) is 9.49. The Bertz CT molecular complexity index is 685. The molecule has 0 bridgehead atoms. The number of benzene rings is 1. The minimum absolute atomic E-state index is 0.0570. The molecule has 0 spiro atoms. The molecule has 1 N–H and O–H groups in total. The molecule has 0 radical (unpaired) electrons. The zero-order chi connectivity index (χ0) is 17.7. The van der Waals surface area contributed by atoms with Crippen LogP contribution < -0.4 is 5.32 Å². The summed E-state index contributed by atoms with van der Waals surface area (Å²) in [5, 5.41) is 7.01. The Morgan fingerprint density at radius 3 is 2.42 bits per heavy atom. The number of rotatable bonds is 5. The highest BCUT2D eigenvalue weighted by Crippen LogP contribution is 2.10. The smallest absolute Gasteiger partial charge is 0.240 e. The largest absolute Gasteiger partial charge is 0.350 e. The van der Waals surface area contributed by atoms with Gasteiger partial charge in [0, 0.05) is 25.0 Å². The van der Waals surface area contributed by atoms with Crippen molar-refractivity contribution in [3.63, 3.8) is 0 Å². The van der Waals surface area contributed by atoms with Gasteiger partial charge in [0.25, 0.3) is 0 Å². The highest BCUT2D eigenvalue weighted by Gasteiger charge is 2.17. The van der Waals surface area contributed by atoms with Crippen LogP contribution in [0.15, 0.2) is 42.7 Å². The van der Waals surface area contributed by atoms with Gasteiger partial charge in [0.1, 0.15) is 0 Å². The Balaban J connectivity index is 1.90. The molecule has 0 saturated heterocycles. The molecule has 0 unspecified atom stereocenters. The van der Waals surface area contributed by atoms with E-state index in [4.69, 9.17) is 0 Å². The van der Waals surface area contributed by atoms with Crippen molar-refractivity contribution >= 4 is 11.8 Å². The molecule has 128 valence electrons. The Morgan fingerprint density at radius 1 is 1.21 bits per heavy atom. The first-order valence-corrected chi connectivity index (χ1v) is 7.88. The van der Waals surface area contributed by atoms with Crippen LogP contribution in [0.3, 0.4) is 0 Å². The van der Waals surface area contributed by atoms with E-state index in [0.29, 0.717) is 0 Å².